The van der Waals surface area contributed by atoms with Gasteiger partial charge in [-0.1, -0.05) is 30.3 Å². The molecule has 0 spiro atoms. The molecule has 3 aliphatic rings. The fourth-order valence-corrected chi connectivity index (χ4v) is 5.44. The predicted molar refractivity (Wildman–Crippen MR) is 153 cm³/mol. The van der Waals surface area contributed by atoms with Crippen molar-refractivity contribution >= 4 is 35.5 Å². The minimum Gasteiger partial charge on any atom is -0.463 e. The Morgan fingerprint density at radius 1 is 0.804 bits per heavy atom. The number of carbonyl (C=O) groups is 4. The van der Waals surface area contributed by atoms with E-state index in [2.05, 4.69) is 0 Å². The van der Waals surface area contributed by atoms with Gasteiger partial charge in [-0.3, -0.25) is 19.2 Å². The molecule has 0 radical (unpaired) electrons. The highest BCUT2D eigenvalue weighted by Crippen LogP contribution is 2.40. The molecule has 10 atom stereocenters. The number of ether oxygens (including phenoxy) is 10. The molecule has 3 saturated heterocycles. The standard InChI is InChI=1S/C30H39ClO15/c1-15(32)37-13-19-23(22(36)25(40-16(2)33)28(42-19)39-12-18-9-7-6-8-10-18)44-29-27(41-17(3)34)26-24(45-30(4,5)46-26)20(43-29)14-38-21(35)11-31/h6-10,19-20,22-29,36H,11-14H2,1-5H3/t19-,20-,22+,23-,24+,25-,26+,27-,28-,29+/m1/s1. The van der Waals surface area contributed by atoms with Gasteiger partial charge < -0.3 is 52.5 Å². The van der Waals surface area contributed by atoms with Gasteiger partial charge in [-0.15, -0.1) is 11.6 Å². The Balaban J connectivity index is 1.64. The minimum atomic E-state index is -1.64. The Bertz CT molecular complexity index is 1210. The van der Waals surface area contributed by atoms with Gasteiger partial charge in [-0.2, -0.15) is 0 Å². The number of aliphatic hydroxyl groups excluding tert-OH is 1. The average Bonchev–Trinajstić information content (AvgIpc) is 3.33. The summed E-state index contributed by atoms with van der Waals surface area (Å²) in [6, 6.07) is 9.07. The third kappa shape index (κ3) is 9.35. The van der Waals surface area contributed by atoms with Gasteiger partial charge in [-0.25, -0.2) is 0 Å². The fourth-order valence-electron chi connectivity index (χ4n) is 5.37. The third-order valence-electron chi connectivity index (χ3n) is 7.17. The lowest BCUT2D eigenvalue weighted by Crippen LogP contribution is -2.65. The summed E-state index contributed by atoms with van der Waals surface area (Å²) in [6.45, 7) is 6.08. The quantitative estimate of drug-likeness (QED) is 0.189. The van der Waals surface area contributed by atoms with E-state index in [1.807, 2.05) is 30.3 Å². The monoisotopic (exact) mass is 674 g/mol. The van der Waals surface area contributed by atoms with Crippen LogP contribution in [-0.2, 0) is 73.2 Å². The van der Waals surface area contributed by atoms with Gasteiger partial charge in [0.2, 0.25) is 0 Å². The number of rotatable bonds is 12. The second-order valence-electron chi connectivity index (χ2n) is 11.3. The molecule has 1 aromatic rings. The van der Waals surface area contributed by atoms with E-state index >= 15 is 0 Å². The first-order valence-electron chi connectivity index (χ1n) is 14.6. The Labute approximate surface area is 270 Å². The minimum absolute atomic E-state index is 0.0287. The van der Waals surface area contributed by atoms with E-state index in [-0.39, 0.29) is 13.2 Å². The van der Waals surface area contributed by atoms with E-state index in [0.717, 1.165) is 12.5 Å². The Morgan fingerprint density at radius 2 is 1.41 bits per heavy atom. The fraction of sp³-hybridized carbons (Fsp3) is 0.667. The number of fused-ring (bicyclic) bond motifs is 1. The van der Waals surface area contributed by atoms with E-state index in [0.29, 0.717) is 0 Å². The lowest BCUT2D eigenvalue weighted by molar-refractivity contribution is -0.355. The molecule has 0 unspecified atom stereocenters. The lowest BCUT2D eigenvalue weighted by atomic mass is 9.96. The number of hydrogen-bond acceptors (Lipinski definition) is 15. The highest BCUT2D eigenvalue weighted by molar-refractivity contribution is 6.26. The lowest BCUT2D eigenvalue weighted by Gasteiger charge is -2.47. The van der Waals surface area contributed by atoms with Crippen LogP contribution in [0.2, 0.25) is 0 Å². The molecule has 1 aromatic carbocycles. The van der Waals surface area contributed by atoms with Gasteiger partial charge in [-0.05, 0) is 19.4 Å². The summed E-state index contributed by atoms with van der Waals surface area (Å²) < 4.78 is 57.9. The smallest absolute Gasteiger partial charge is 0.320 e. The van der Waals surface area contributed by atoms with Crippen LogP contribution in [0, 0.1) is 0 Å². The third-order valence-corrected chi connectivity index (χ3v) is 7.39. The summed E-state index contributed by atoms with van der Waals surface area (Å²) in [6.07, 6.45) is -12.6. The molecule has 3 aliphatic heterocycles. The van der Waals surface area contributed by atoms with Crippen molar-refractivity contribution in [2.75, 3.05) is 19.1 Å². The SMILES string of the molecule is CC(=O)OC[C@H]1O[C@@H](OCc2ccccc2)[C@H](OC(C)=O)[C@@H](O)[C@@H]1O[C@@H]1O[C@H](COC(=O)CCl)[C@@H]2OC(C)(C)O[C@@H]2[C@H]1OC(C)=O. The average molecular weight is 675 g/mol. The van der Waals surface area contributed by atoms with Gasteiger partial charge in [0.05, 0.1) is 6.61 Å². The number of hydrogen-bond donors (Lipinski definition) is 1. The highest BCUT2D eigenvalue weighted by atomic mass is 35.5. The van der Waals surface area contributed by atoms with Gasteiger partial charge in [0.1, 0.15) is 55.7 Å². The van der Waals surface area contributed by atoms with Crippen molar-refractivity contribution in [2.45, 2.75) is 108 Å². The van der Waals surface area contributed by atoms with E-state index in [4.69, 9.17) is 59.0 Å². The molecule has 46 heavy (non-hydrogen) atoms. The Morgan fingerprint density at radius 3 is 2.04 bits per heavy atom. The van der Waals surface area contributed by atoms with Crippen molar-refractivity contribution in [2.24, 2.45) is 0 Å². The maximum Gasteiger partial charge on any atom is 0.320 e. The highest BCUT2D eigenvalue weighted by Gasteiger charge is 2.59. The number of halogens is 1. The summed E-state index contributed by atoms with van der Waals surface area (Å²) >= 11 is 5.59. The molecule has 0 aliphatic carbocycles. The molecule has 256 valence electrons. The molecular weight excluding hydrogens is 636 g/mol. The zero-order chi connectivity index (χ0) is 33.6. The Hall–Kier alpha value is -2.89. The second-order valence-corrected chi connectivity index (χ2v) is 11.6. The van der Waals surface area contributed by atoms with Crippen LogP contribution in [0.1, 0.15) is 40.2 Å². The predicted octanol–water partition coefficient (Wildman–Crippen LogP) is 1.13. The number of alkyl halides is 1. The van der Waals surface area contributed by atoms with Crippen LogP contribution in [0.4, 0.5) is 0 Å². The van der Waals surface area contributed by atoms with Gasteiger partial charge in [0, 0.05) is 20.8 Å². The van der Waals surface area contributed by atoms with Gasteiger partial charge in [0.25, 0.3) is 0 Å². The van der Waals surface area contributed by atoms with Crippen molar-refractivity contribution in [1.29, 1.82) is 0 Å². The number of benzene rings is 1. The molecule has 1 N–H and O–H groups in total. The van der Waals surface area contributed by atoms with Crippen molar-refractivity contribution in [3.63, 3.8) is 0 Å². The zero-order valence-electron chi connectivity index (χ0n) is 26.0. The van der Waals surface area contributed by atoms with Crippen molar-refractivity contribution in [3.05, 3.63) is 35.9 Å². The van der Waals surface area contributed by atoms with Crippen molar-refractivity contribution in [1.82, 2.24) is 0 Å². The molecule has 15 nitrogen and oxygen atoms in total. The topological polar surface area (TPSA) is 181 Å². The summed E-state index contributed by atoms with van der Waals surface area (Å²) in [5.41, 5.74) is 0.772. The van der Waals surface area contributed by atoms with Crippen LogP contribution in [0.3, 0.4) is 0 Å². The molecule has 4 rings (SSSR count). The maximum absolute atomic E-state index is 12.2. The van der Waals surface area contributed by atoms with Crippen LogP contribution >= 0.6 is 11.6 Å². The Kier molecular flexibility index (Phi) is 12.4. The second kappa shape index (κ2) is 15.8. The van der Waals surface area contributed by atoms with E-state index in [1.165, 1.54) is 13.8 Å². The van der Waals surface area contributed by atoms with Crippen LogP contribution in [0.15, 0.2) is 30.3 Å². The number of carbonyl (C=O) groups excluding carboxylic acids is 4. The largest absolute Gasteiger partial charge is 0.463 e. The van der Waals surface area contributed by atoms with Gasteiger partial charge in [0.15, 0.2) is 30.6 Å². The maximum atomic E-state index is 12.2. The van der Waals surface area contributed by atoms with Crippen LogP contribution in [0.25, 0.3) is 0 Å². The van der Waals surface area contributed by atoms with Crippen LogP contribution < -0.4 is 0 Å². The summed E-state index contributed by atoms with van der Waals surface area (Å²) in [5.74, 6) is -4.37. The van der Waals surface area contributed by atoms with E-state index in [9.17, 15) is 24.3 Å². The molecule has 3 heterocycles. The zero-order valence-corrected chi connectivity index (χ0v) is 26.8. The summed E-state index contributed by atoms with van der Waals surface area (Å²) in [4.78, 5) is 48.0. The molecular formula is C30H39ClO15. The van der Waals surface area contributed by atoms with Crippen molar-refractivity contribution in [3.8, 4) is 0 Å². The van der Waals surface area contributed by atoms with E-state index in [1.54, 1.807) is 13.8 Å². The number of esters is 4. The van der Waals surface area contributed by atoms with Crippen LogP contribution in [-0.4, -0.2) is 115 Å². The molecule has 0 bridgehead atoms. The molecule has 3 fully saturated rings. The molecule has 0 saturated carbocycles. The van der Waals surface area contributed by atoms with Crippen LogP contribution in [0.5, 0.6) is 0 Å². The number of aliphatic hydroxyl groups is 1. The normalized spacial score (nSPS) is 33.4. The molecule has 16 heteroatoms. The molecule has 0 aromatic heterocycles. The van der Waals surface area contributed by atoms with Gasteiger partial charge >= 0.3 is 23.9 Å². The first-order chi connectivity index (χ1) is 21.8. The summed E-state index contributed by atoms with van der Waals surface area (Å²) in [7, 11) is 0. The summed E-state index contributed by atoms with van der Waals surface area (Å²) in [5, 5.41) is 11.6. The first-order valence-corrected chi connectivity index (χ1v) is 15.2. The molecule has 0 amide bonds. The van der Waals surface area contributed by atoms with Crippen molar-refractivity contribution < 1.29 is 71.7 Å². The first kappa shape index (κ1) is 36.0. The van der Waals surface area contributed by atoms with E-state index < -0.39 is 104 Å².